The van der Waals surface area contributed by atoms with Gasteiger partial charge in [0, 0.05) is 31.6 Å². The molecule has 0 amide bonds. The van der Waals surface area contributed by atoms with Crippen molar-refractivity contribution in [2.24, 2.45) is 13.0 Å². The number of carbonyl (C=O) groups excluding carboxylic acids is 2. The molecule has 8 nitrogen and oxygen atoms in total. The standard InChI is InChI=1S/C23H22ClN5O3/c1-12-7-13(2)21(31)17(8-12)27-23-28-22-20(29(23)4)19(24)18(11-26-22)32-16-5-6-25-15(10-16)9-14(3)30/h5-8,10-11,13H,9H2,1-4H3,(H,26,27,28). The maximum absolute atomic E-state index is 12.5. The highest BCUT2D eigenvalue weighted by Crippen LogP contribution is 2.35. The summed E-state index contributed by atoms with van der Waals surface area (Å²) in [5.74, 6) is 1.08. The summed E-state index contributed by atoms with van der Waals surface area (Å²) in [6, 6.07) is 3.37. The lowest BCUT2D eigenvalue weighted by Crippen LogP contribution is -2.22. The Morgan fingerprint density at radius 2 is 2.12 bits per heavy atom. The number of fused-ring (bicyclic) bond motifs is 1. The molecule has 0 saturated carbocycles. The Hall–Kier alpha value is -3.52. The molecule has 0 bridgehead atoms. The minimum Gasteiger partial charge on any atom is -0.454 e. The normalized spacial score (nSPS) is 16.0. The van der Waals surface area contributed by atoms with Gasteiger partial charge in [0.05, 0.1) is 17.6 Å². The maximum atomic E-state index is 12.5. The fraction of sp³-hybridized carbons (Fsp3) is 0.261. The Balaban J connectivity index is 1.65. The van der Waals surface area contributed by atoms with Crippen LogP contribution in [0.4, 0.5) is 5.95 Å². The van der Waals surface area contributed by atoms with Crippen molar-refractivity contribution in [2.45, 2.75) is 27.2 Å². The maximum Gasteiger partial charge on any atom is 0.209 e. The molecule has 9 heteroatoms. The number of hydrogen-bond acceptors (Lipinski definition) is 7. The fourth-order valence-electron chi connectivity index (χ4n) is 3.57. The van der Waals surface area contributed by atoms with E-state index < -0.39 is 0 Å². The largest absolute Gasteiger partial charge is 0.454 e. The molecule has 3 heterocycles. The fourth-order valence-corrected chi connectivity index (χ4v) is 3.87. The molecule has 1 aliphatic rings. The number of anilines is 1. The van der Waals surface area contributed by atoms with Crippen LogP contribution in [0.2, 0.25) is 5.02 Å². The van der Waals surface area contributed by atoms with Gasteiger partial charge in [0.25, 0.3) is 0 Å². The number of Topliss-reactive ketones (excluding diaryl/α,β-unsaturated/α-hetero) is 2. The summed E-state index contributed by atoms with van der Waals surface area (Å²) in [4.78, 5) is 36.9. The van der Waals surface area contributed by atoms with Crippen LogP contribution in [0.5, 0.6) is 11.5 Å². The van der Waals surface area contributed by atoms with Gasteiger partial charge < -0.3 is 14.6 Å². The SMILES string of the molecule is CC(=O)Cc1cc(Oc2cnc3nc(NC4=CC(C)=CC(C)C4=O)n(C)c3c2Cl)ccn1. The molecule has 1 unspecified atom stereocenters. The van der Waals surface area contributed by atoms with E-state index >= 15 is 0 Å². The predicted octanol–water partition coefficient (Wildman–Crippen LogP) is 4.40. The molecule has 0 fully saturated rings. The summed E-state index contributed by atoms with van der Waals surface area (Å²) in [6.45, 7) is 5.31. The Morgan fingerprint density at radius 3 is 2.88 bits per heavy atom. The molecular formula is C23H22ClN5O3. The molecule has 4 rings (SSSR count). The van der Waals surface area contributed by atoms with Crippen LogP contribution in [-0.2, 0) is 23.1 Å². The summed E-state index contributed by atoms with van der Waals surface area (Å²) < 4.78 is 7.65. The molecule has 0 radical (unpaired) electrons. The van der Waals surface area contributed by atoms with Crippen molar-refractivity contribution < 1.29 is 14.3 Å². The van der Waals surface area contributed by atoms with Gasteiger partial charge in [-0.3, -0.25) is 14.6 Å². The smallest absolute Gasteiger partial charge is 0.209 e. The zero-order chi connectivity index (χ0) is 23.0. The molecule has 3 aromatic heterocycles. The van der Waals surface area contributed by atoms with Crippen molar-refractivity contribution in [3.63, 3.8) is 0 Å². The lowest BCUT2D eigenvalue weighted by Gasteiger charge is -2.17. The quantitative estimate of drug-likeness (QED) is 0.592. The molecule has 1 aliphatic carbocycles. The molecule has 0 saturated heterocycles. The average molecular weight is 452 g/mol. The zero-order valence-corrected chi connectivity index (χ0v) is 18.9. The van der Waals surface area contributed by atoms with E-state index in [1.807, 2.05) is 19.9 Å². The van der Waals surface area contributed by atoms with E-state index in [9.17, 15) is 9.59 Å². The van der Waals surface area contributed by atoms with Gasteiger partial charge in [0.15, 0.2) is 17.2 Å². The lowest BCUT2D eigenvalue weighted by atomic mass is 9.95. The number of pyridine rings is 2. The molecular weight excluding hydrogens is 430 g/mol. The van der Waals surface area contributed by atoms with Crippen molar-refractivity contribution >= 4 is 40.3 Å². The number of nitrogens with zero attached hydrogens (tertiary/aromatic N) is 4. The van der Waals surface area contributed by atoms with E-state index in [0.29, 0.717) is 45.0 Å². The summed E-state index contributed by atoms with van der Waals surface area (Å²) >= 11 is 6.64. The molecule has 3 aromatic rings. The van der Waals surface area contributed by atoms with Crippen LogP contribution < -0.4 is 10.1 Å². The Bertz CT molecular complexity index is 1310. The molecule has 1 N–H and O–H groups in total. The van der Waals surface area contributed by atoms with Crippen LogP contribution in [0.1, 0.15) is 26.5 Å². The third-order valence-corrected chi connectivity index (χ3v) is 5.43. The van der Waals surface area contributed by atoms with Crippen LogP contribution in [0.3, 0.4) is 0 Å². The van der Waals surface area contributed by atoms with Crippen LogP contribution >= 0.6 is 11.6 Å². The van der Waals surface area contributed by atoms with Gasteiger partial charge in [-0.1, -0.05) is 30.2 Å². The van der Waals surface area contributed by atoms with Gasteiger partial charge in [0.2, 0.25) is 5.95 Å². The number of ketones is 2. The second kappa shape index (κ2) is 8.55. The van der Waals surface area contributed by atoms with E-state index in [4.69, 9.17) is 16.3 Å². The number of halogens is 1. The summed E-state index contributed by atoms with van der Waals surface area (Å²) in [5.41, 5.74) is 3.07. The monoisotopic (exact) mass is 451 g/mol. The molecule has 0 aliphatic heterocycles. The first-order chi connectivity index (χ1) is 15.2. The third-order valence-electron chi connectivity index (χ3n) is 5.06. The number of rotatable bonds is 6. The van der Waals surface area contributed by atoms with Crippen molar-refractivity contribution in [3.05, 3.63) is 58.7 Å². The van der Waals surface area contributed by atoms with Crippen LogP contribution in [0.15, 0.2) is 47.9 Å². The van der Waals surface area contributed by atoms with Crippen molar-refractivity contribution in [1.29, 1.82) is 0 Å². The number of imidazole rings is 1. The highest BCUT2D eigenvalue weighted by atomic mass is 35.5. The van der Waals surface area contributed by atoms with E-state index in [1.165, 1.54) is 13.1 Å². The number of aryl methyl sites for hydroxylation is 1. The first-order valence-electron chi connectivity index (χ1n) is 10.1. The van der Waals surface area contributed by atoms with Gasteiger partial charge in [-0.05, 0) is 26.0 Å². The van der Waals surface area contributed by atoms with Gasteiger partial charge >= 0.3 is 0 Å². The molecule has 32 heavy (non-hydrogen) atoms. The second-order valence-electron chi connectivity index (χ2n) is 7.81. The van der Waals surface area contributed by atoms with Gasteiger partial charge in [-0.15, -0.1) is 0 Å². The summed E-state index contributed by atoms with van der Waals surface area (Å²) in [5, 5.41) is 3.44. The summed E-state index contributed by atoms with van der Waals surface area (Å²) in [7, 11) is 1.78. The van der Waals surface area contributed by atoms with E-state index in [-0.39, 0.29) is 23.9 Å². The number of hydrogen-bond donors (Lipinski definition) is 1. The first-order valence-corrected chi connectivity index (χ1v) is 10.4. The predicted molar refractivity (Wildman–Crippen MR) is 122 cm³/mol. The van der Waals surface area contributed by atoms with E-state index in [0.717, 1.165) is 5.57 Å². The number of carbonyl (C=O) groups is 2. The Morgan fingerprint density at radius 1 is 1.34 bits per heavy atom. The first kappa shape index (κ1) is 21.7. The zero-order valence-electron chi connectivity index (χ0n) is 18.1. The van der Waals surface area contributed by atoms with Gasteiger partial charge in [0.1, 0.15) is 22.1 Å². The highest BCUT2D eigenvalue weighted by Gasteiger charge is 2.23. The molecule has 0 spiro atoms. The molecule has 1 atom stereocenters. The number of nitrogens with one attached hydrogen (secondary N) is 1. The minimum atomic E-state index is -0.202. The Labute approximate surface area is 190 Å². The molecule has 164 valence electrons. The highest BCUT2D eigenvalue weighted by molar-refractivity contribution is 6.36. The minimum absolute atomic E-state index is 0.00946. The van der Waals surface area contributed by atoms with Crippen LogP contribution in [0.25, 0.3) is 11.2 Å². The van der Waals surface area contributed by atoms with E-state index in [2.05, 4.69) is 20.3 Å². The lowest BCUT2D eigenvalue weighted by molar-refractivity contribution is -0.117. The summed E-state index contributed by atoms with van der Waals surface area (Å²) in [6.07, 6.45) is 7.01. The third kappa shape index (κ3) is 4.27. The van der Waals surface area contributed by atoms with Gasteiger partial charge in [-0.2, -0.15) is 4.98 Å². The van der Waals surface area contributed by atoms with Crippen molar-refractivity contribution in [1.82, 2.24) is 19.5 Å². The van der Waals surface area contributed by atoms with Crippen molar-refractivity contribution in [2.75, 3.05) is 5.32 Å². The molecule has 0 aromatic carbocycles. The Kier molecular flexibility index (Phi) is 5.80. The topological polar surface area (TPSA) is 99.0 Å². The second-order valence-corrected chi connectivity index (χ2v) is 8.19. The van der Waals surface area contributed by atoms with Gasteiger partial charge in [-0.25, -0.2) is 4.98 Å². The number of ether oxygens (including phenoxy) is 1. The number of allylic oxidation sites excluding steroid dienone is 4. The van der Waals surface area contributed by atoms with E-state index in [1.54, 1.807) is 36.0 Å². The van der Waals surface area contributed by atoms with Crippen LogP contribution in [0, 0.1) is 5.92 Å². The number of aromatic nitrogens is 4. The van der Waals surface area contributed by atoms with Crippen molar-refractivity contribution in [3.8, 4) is 11.5 Å². The van der Waals surface area contributed by atoms with Crippen LogP contribution in [-0.4, -0.2) is 31.1 Å². The average Bonchev–Trinajstić information content (AvgIpc) is 3.04.